The Labute approximate surface area is 155 Å². The second-order valence-corrected chi connectivity index (χ2v) is 6.59. The van der Waals surface area contributed by atoms with Gasteiger partial charge in [0.1, 0.15) is 11.5 Å². The van der Waals surface area contributed by atoms with Crippen LogP contribution in [0.4, 0.5) is 0 Å². The molecule has 1 atom stereocenters. The predicted molar refractivity (Wildman–Crippen MR) is 102 cm³/mol. The van der Waals surface area contributed by atoms with Gasteiger partial charge in [0.15, 0.2) is 0 Å². The number of rotatable bonds is 7. The second kappa shape index (κ2) is 8.54. The van der Waals surface area contributed by atoms with Crippen LogP contribution in [0.25, 0.3) is 0 Å². The highest BCUT2D eigenvalue weighted by Gasteiger charge is 2.23. The first kappa shape index (κ1) is 19.5. The lowest BCUT2D eigenvalue weighted by atomic mass is 10.0. The largest absolute Gasteiger partial charge is 0.466 e. The van der Waals surface area contributed by atoms with Gasteiger partial charge in [-0.1, -0.05) is 43.6 Å². The first-order valence-corrected chi connectivity index (χ1v) is 9.11. The van der Waals surface area contributed by atoms with Crippen molar-refractivity contribution in [1.82, 2.24) is 10.2 Å². The number of carbonyl (C=O) groups excluding carboxylic acids is 1. The van der Waals surface area contributed by atoms with Gasteiger partial charge >= 0.3 is 0 Å². The van der Waals surface area contributed by atoms with Crippen LogP contribution in [-0.4, -0.2) is 30.4 Å². The smallest absolute Gasteiger partial charge is 0.255 e. The molecule has 1 N–H and O–H groups in total. The molecule has 1 amide bonds. The van der Waals surface area contributed by atoms with E-state index in [1.165, 1.54) is 0 Å². The first-order valence-electron chi connectivity index (χ1n) is 8.73. The second-order valence-electron chi connectivity index (χ2n) is 6.18. The molecule has 2 rings (SSSR count). The van der Waals surface area contributed by atoms with Crippen LogP contribution in [0.5, 0.6) is 0 Å². The summed E-state index contributed by atoms with van der Waals surface area (Å²) in [6, 6.07) is 7.85. The van der Waals surface area contributed by atoms with Gasteiger partial charge < -0.3 is 9.73 Å². The molecule has 1 unspecified atom stereocenters. The molecule has 0 saturated carbocycles. The summed E-state index contributed by atoms with van der Waals surface area (Å²) < 4.78 is 5.57. The summed E-state index contributed by atoms with van der Waals surface area (Å²) in [5.74, 6) is 1.34. The SMILES string of the molecule is CCN(CC)C(CNC(=O)c1c(C)oc(C)c1C)c1ccccc1Cl. The van der Waals surface area contributed by atoms with Gasteiger partial charge in [-0.05, 0) is 45.5 Å². The Kier molecular flexibility index (Phi) is 6.68. The zero-order valence-electron chi connectivity index (χ0n) is 15.6. The minimum absolute atomic E-state index is 0.0289. The molecule has 1 heterocycles. The van der Waals surface area contributed by atoms with Crippen LogP contribution in [0.2, 0.25) is 5.02 Å². The van der Waals surface area contributed by atoms with Crippen LogP contribution < -0.4 is 5.32 Å². The Hall–Kier alpha value is -1.78. The highest BCUT2D eigenvalue weighted by Crippen LogP contribution is 2.27. The van der Waals surface area contributed by atoms with E-state index in [4.69, 9.17) is 16.0 Å². The van der Waals surface area contributed by atoms with Crippen LogP contribution >= 0.6 is 11.6 Å². The number of carbonyl (C=O) groups is 1. The van der Waals surface area contributed by atoms with Crippen molar-refractivity contribution in [2.45, 2.75) is 40.7 Å². The van der Waals surface area contributed by atoms with Gasteiger partial charge in [0.05, 0.1) is 11.6 Å². The maximum absolute atomic E-state index is 12.7. The summed E-state index contributed by atoms with van der Waals surface area (Å²) in [4.78, 5) is 15.0. The van der Waals surface area contributed by atoms with Gasteiger partial charge in [-0.3, -0.25) is 9.69 Å². The average Bonchev–Trinajstić information content (AvgIpc) is 2.84. The molecular formula is C20H27ClN2O2. The monoisotopic (exact) mass is 362 g/mol. The van der Waals surface area contributed by atoms with E-state index in [1.54, 1.807) is 0 Å². The molecule has 1 aromatic heterocycles. The fourth-order valence-electron chi connectivity index (χ4n) is 3.25. The average molecular weight is 363 g/mol. The summed E-state index contributed by atoms with van der Waals surface area (Å²) in [5, 5.41) is 3.79. The van der Waals surface area contributed by atoms with E-state index in [0.29, 0.717) is 17.9 Å². The molecule has 0 fully saturated rings. The van der Waals surface area contributed by atoms with E-state index in [0.717, 1.165) is 35.0 Å². The lowest BCUT2D eigenvalue weighted by Crippen LogP contribution is -2.38. The van der Waals surface area contributed by atoms with Crippen molar-refractivity contribution in [2.24, 2.45) is 0 Å². The molecule has 0 radical (unpaired) electrons. The van der Waals surface area contributed by atoms with Gasteiger partial charge in [-0.2, -0.15) is 0 Å². The van der Waals surface area contributed by atoms with Crippen LogP contribution in [0, 0.1) is 20.8 Å². The maximum atomic E-state index is 12.7. The quantitative estimate of drug-likeness (QED) is 0.778. The van der Waals surface area contributed by atoms with Gasteiger partial charge in [0.25, 0.3) is 5.91 Å². The third kappa shape index (κ3) is 4.25. The summed E-state index contributed by atoms with van der Waals surface area (Å²) in [5.41, 5.74) is 2.56. The molecule has 4 nitrogen and oxygen atoms in total. The highest BCUT2D eigenvalue weighted by molar-refractivity contribution is 6.31. The number of nitrogens with zero attached hydrogens (tertiary/aromatic N) is 1. The van der Waals surface area contributed by atoms with Crippen molar-refractivity contribution in [3.63, 3.8) is 0 Å². The van der Waals surface area contributed by atoms with Crippen LogP contribution in [0.1, 0.15) is 52.9 Å². The minimum Gasteiger partial charge on any atom is -0.466 e. The lowest BCUT2D eigenvalue weighted by molar-refractivity contribution is 0.0933. The molecular weight excluding hydrogens is 336 g/mol. The Bertz CT molecular complexity index is 735. The Morgan fingerprint density at radius 2 is 1.80 bits per heavy atom. The summed E-state index contributed by atoms with van der Waals surface area (Å²) >= 11 is 6.41. The van der Waals surface area contributed by atoms with E-state index in [2.05, 4.69) is 24.1 Å². The molecule has 0 aliphatic rings. The highest BCUT2D eigenvalue weighted by atomic mass is 35.5. The molecule has 25 heavy (non-hydrogen) atoms. The van der Waals surface area contributed by atoms with Gasteiger partial charge in [0, 0.05) is 17.1 Å². The van der Waals surface area contributed by atoms with E-state index >= 15 is 0 Å². The number of nitrogens with one attached hydrogen (secondary N) is 1. The van der Waals surface area contributed by atoms with Crippen molar-refractivity contribution in [3.8, 4) is 0 Å². The maximum Gasteiger partial charge on any atom is 0.255 e. The topological polar surface area (TPSA) is 45.5 Å². The number of amides is 1. The fraction of sp³-hybridized carbons (Fsp3) is 0.450. The van der Waals surface area contributed by atoms with Crippen molar-refractivity contribution >= 4 is 17.5 Å². The van der Waals surface area contributed by atoms with Crippen molar-refractivity contribution in [3.05, 3.63) is 57.5 Å². The molecule has 0 saturated heterocycles. The molecule has 0 aliphatic heterocycles. The van der Waals surface area contributed by atoms with Crippen molar-refractivity contribution < 1.29 is 9.21 Å². The third-order valence-corrected chi connectivity index (χ3v) is 5.11. The van der Waals surface area contributed by atoms with Crippen LogP contribution in [0.15, 0.2) is 28.7 Å². The molecule has 5 heteroatoms. The first-order chi connectivity index (χ1) is 11.9. The number of furan rings is 1. The molecule has 2 aromatic rings. The summed E-state index contributed by atoms with van der Waals surface area (Å²) in [6.45, 7) is 12.1. The Balaban J connectivity index is 2.23. The Morgan fingerprint density at radius 3 is 2.32 bits per heavy atom. The third-order valence-electron chi connectivity index (χ3n) is 4.76. The summed E-state index contributed by atoms with van der Waals surface area (Å²) in [6.07, 6.45) is 0. The standard InChI is InChI=1S/C20H27ClN2O2/c1-6-23(7-2)18(16-10-8-9-11-17(16)21)12-22-20(24)19-13(3)14(4)25-15(19)5/h8-11,18H,6-7,12H2,1-5H3,(H,22,24). The number of hydrogen-bond donors (Lipinski definition) is 1. The molecule has 136 valence electrons. The lowest BCUT2D eigenvalue weighted by Gasteiger charge is -2.31. The fourth-order valence-corrected chi connectivity index (χ4v) is 3.51. The molecule has 1 aromatic carbocycles. The van der Waals surface area contributed by atoms with Crippen LogP contribution in [-0.2, 0) is 0 Å². The van der Waals surface area contributed by atoms with E-state index in [1.807, 2.05) is 45.0 Å². The van der Waals surface area contributed by atoms with Crippen molar-refractivity contribution in [2.75, 3.05) is 19.6 Å². The normalized spacial score (nSPS) is 12.4. The van der Waals surface area contributed by atoms with E-state index < -0.39 is 0 Å². The number of benzene rings is 1. The number of halogens is 1. The molecule has 0 spiro atoms. The van der Waals surface area contributed by atoms with E-state index in [9.17, 15) is 4.79 Å². The zero-order chi connectivity index (χ0) is 18.6. The zero-order valence-corrected chi connectivity index (χ0v) is 16.4. The van der Waals surface area contributed by atoms with Gasteiger partial charge in [0.2, 0.25) is 0 Å². The Morgan fingerprint density at radius 1 is 1.16 bits per heavy atom. The number of likely N-dealkylation sites (N-methyl/N-ethyl adjacent to an activating group) is 1. The molecule has 0 bridgehead atoms. The molecule has 0 aliphatic carbocycles. The van der Waals surface area contributed by atoms with E-state index in [-0.39, 0.29) is 11.9 Å². The number of hydrogen-bond acceptors (Lipinski definition) is 3. The van der Waals surface area contributed by atoms with Crippen LogP contribution in [0.3, 0.4) is 0 Å². The number of aryl methyl sites for hydroxylation is 2. The minimum atomic E-state index is -0.101. The van der Waals surface area contributed by atoms with Crippen molar-refractivity contribution in [1.29, 1.82) is 0 Å². The van der Waals surface area contributed by atoms with Gasteiger partial charge in [-0.15, -0.1) is 0 Å². The predicted octanol–water partition coefficient (Wildman–Crippen LogP) is 4.67. The summed E-state index contributed by atoms with van der Waals surface area (Å²) in [7, 11) is 0. The van der Waals surface area contributed by atoms with Gasteiger partial charge in [-0.25, -0.2) is 0 Å².